The van der Waals surface area contributed by atoms with Gasteiger partial charge in [0.05, 0.1) is 13.2 Å². The molecule has 21 heavy (non-hydrogen) atoms. The molecule has 1 rings (SSSR count). The van der Waals surface area contributed by atoms with Crippen molar-refractivity contribution in [3.63, 3.8) is 0 Å². The highest BCUT2D eigenvalue weighted by molar-refractivity contribution is 5.80. The molecule has 118 valence electrons. The molecule has 1 aromatic carbocycles. The van der Waals surface area contributed by atoms with Crippen LogP contribution in [-0.2, 0) is 9.53 Å². The van der Waals surface area contributed by atoms with Gasteiger partial charge in [-0.25, -0.2) is 0 Å². The summed E-state index contributed by atoms with van der Waals surface area (Å²) >= 11 is 0. The number of amides is 1. The molecule has 0 fully saturated rings. The molecule has 0 aliphatic rings. The number of carbonyl (C=O) groups is 1. The van der Waals surface area contributed by atoms with Crippen molar-refractivity contribution in [3.05, 3.63) is 29.8 Å². The van der Waals surface area contributed by atoms with Gasteiger partial charge in [0.1, 0.15) is 11.9 Å². The highest BCUT2D eigenvalue weighted by atomic mass is 16.5. The Morgan fingerprint density at radius 1 is 1.38 bits per heavy atom. The molecule has 0 saturated carbocycles. The maximum Gasteiger partial charge on any atom is 0.248 e. The van der Waals surface area contributed by atoms with Gasteiger partial charge >= 0.3 is 0 Å². The Hall–Kier alpha value is -1.59. The summed E-state index contributed by atoms with van der Waals surface area (Å²) in [5.41, 5.74) is 1.10. The predicted octanol–water partition coefficient (Wildman–Crippen LogP) is 1.84. The van der Waals surface area contributed by atoms with Crippen LogP contribution in [-0.4, -0.2) is 51.3 Å². The summed E-state index contributed by atoms with van der Waals surface area (Å²) in [6.07, 6.45) is -0.428. The molecule has 5 nitrogen and oxygen atoms in total. The number of carbonyl (C=O) groups excluding carboxylic acids is 1. The Labute approximate surface area is 127 Å². The fraction of sp³-hybridized carbons (Fsp3) is 0.562. The van der Waals surface area contributed by atoms with Crippen LogP contribution < -0.4 is 10.1 Å². The van der Waals surface area contributed by atoms with Crippen molar-refractivity contribution in [3.8, 4) is 5.75 Å². The van der Waals surface area contributed by atoms with Crippen LogP contribution in [0.15, 0.2) is 24.3 Å². The van der Waals surface area contributed by atoms with Crippen molar-refractivity contribution in [1.82, 2.24) is 10.2 Å². The van der Waals surface area contributed by atoms with E-state index in [9.17, 15) is 4.79 Å². The summed E-state index contributed by atoms with van der Waals surface area (Å²) in [7, 11) is 5.62. The summed E-state index contributed by atoms with van der Waals surface area (Å²) in [5.74, 6) is 0.722. The average Bonchev–Trinajstić information content (AvgIpc) is 2.47. The van der Waals surface area contributed by atoms with E-state index in [1.165, 1.54) is 0 Å². The van der Waals surface area contributed by atoms with Gasteiger partial charge in [0.15, 0.2) is 0 Å². The quantitative estimate of drug-likeness (QED) is 0.795. The maximum absolute atomic E-state index is 11.9. The number of hydrogen-bond acceptors (Lipinski definition) is 4. The second-order valence-electron chi connectivity index (χ2n) is 5.10. The lowest BCUT2D eigenvalue weighted by Crippen LogP contribution is -2.39. The molecule has 5 heteroatoms. The number of likely N-dealkylation sites (N-methyl/N-ethyl adjacent to an activating group) is 1. The van der Waals surface area contributed by atoms with Gasteiger partial charge in [-0.3, -0.25) is 4.79 Å². The lowest BCUT2D eigenvalue weighted by Gasteiger charge is -2.26. The number of hydrogen-bond donors (Lipinski definition) is 1. The fourth-order valence-corrected chi connectivity index (χ4v) is 2.11. The minimum Gasteiger partial charge on any atom is -0.497 e. The average molecular weight is 294 g/mol. The molecule has 0 aliphatic carbocycles. The van der Waals surface area contributed by atoms with Crippen LogP contribution >= 0.6 is 0 Å². The molecule has 0 heterocycles. The Morgan fingerprint density at radius 2 is 2.10 bits per heavy atom. The van der Waals surface area contributed by atoms with Gasteiger partial charge in [-0.15, -0.1) is 0 Å². The molecule has 0 bridgehead atoms. The molecular weight excluding hydrogens is 268 g/mol. The highest BCUT2D eigenvalue weighted by Gasteiger charge is 2.18. The van der Waals surface area contributed by atoms with Crippen molar-refractivity contribution in [2.75, 3.05) is 34.4 Å². The second kappa shape index (κ2) is 8.64. The van der Waals surface area contributed by atoms with Crippen LogP contribution in [0.25, 0.3) is 0 Å². The SMILES string of the molecule is CCO[C@H](C)C(=O)NC[C@@H](c1cccc(OC)c1)N(C)C. The van der Waals surface area contributed by atoms with Crippen molar-refractivity contribution < 1.29 is 14.3 Å². The number of nitrogens with zero attached hydrogens (tertiary/aromatic N) is 1. The summed E-state index contributed by atoms with van der Waals surface area (Å²) < 4.78 is 10.5. The summed E-state index contributed by atoms with van der Waals surface area (Å²) in [5, 5.41) is 2.94. The molecule has 1 amide bonds. The van der Waals surface area contributed by atoms with E-state index in [2.05, 4.69) is 10.2 Å². The lowest BCUT2D eigenvalue weighted by molar-refractivity contribution is -0.131. The van der Waals surface area contributed by atoms with E-state index in [1.807, 2.05) is 45.3 Å². The maximum atomic E-state index is 11.9. The Bertz CT molecular complexity index is 449. The fourth-order valence-electron chi connectivity index (χ4n) is 2.11. The minimum atomic E-state index is -0.428. The highest BCUT2D eigenvalue weighted by Crippen LogP contribution is 2.22. The number of benzene rings is 1. The molecule has 2 atom stereocenters. The van der Waals surface area contributed by atoms with Gasteiger partial charge in [0, 0.05) is 13.2 Å². The van der Waals surface area contributed by atoms with Crippen molar-refractivity contribution >= 4 is 5.91 Å². The molecule has 0 unspecified atom stereocenters. The predicted molar refractivity (Wildman–Crippen MR) is 83.5 cm³/mol. The van der Waals surface area contributed by atoms with Crippen molar-refractivity contribution in [2.24, 2.45) is 0 Å². The second-order valence-corrected chi connectivity index (χ2v) is 5.10. The molecule has 1 aromatic rings. The number of rotatable bonds is 8. The number of ether oxygens (including phenoxy) is 2. The Kier molecular flexibility index (Phi) is 7.19. The van der Waals surface area contributed by atoms with Crippen LogP contribution in [0.1, 0.15) is 25.5 Å². The lowest BCUT2D eigenvalue weighted by atomic mass is 10.1. The summed E-state index contributed by atoms with van der Waals surface area (Å²) in [6.45, 7) is 4.69. The van der Waals surface area contributed by atoms with Gasteiger partial charge in [0.25, 0.3) is 0 Å². The first-order valence-corrected chi connectivity index (χ1v) is 7.19. The largest absolute Gasteiger partial charge is 0.497 e. The zero-order chi connectivity index (χ0) is 15.8. The van der Waals surface area contributed by atoms with Crippen LogP contribution in [0.4, 0.5) is 0 Å². The first-order chi connectivity index (χ1) is 9.99. The van der Waals surface area contributed by atoms with Crippen LogP contribution in [0, 0.1) is 0 Å². The van der Waals surface area contributed by atoms with E-state index < -0.39 is 6.10 Å². The van der Waals surface area contributed by atoms with Gasteiger partial charge < -0.3 is 19.7 Å². The Balaban J connectivity index is 2.72. The van der Waals surface area contributed by atoms with Crippen LogP contribution in [0.3, 0.4) is 0 Å². The van der Waals surface area contributed by atoms with Gasteiger partial charge in [-0.05, 0) is 45.6 Å². The van der Waals surface area contributed by atoms with Gasteiger partial charge in [-0.2, -0.15) is 0 Å². The third-order valence-corrected chi connectivity index (χ3v) is 3.36. The van der Waals surface area contributed by atoms with Crippen LogP contribution in [0.5, 0.6) is 5.75 Å². The molecule has 0 spiro atoms. The van der Waals surface area contributed by atoms with Gasteiger partial charge in [-0.1, -0.05) is 12.1 Å². The first-order valence-electron chi connectivity index (χ1n) is 7.19. The van der Waals surface area contributed by atoms with E-state index in [0.717, 1.165) is 11.3 Å². The molecule has 1 N–H and O–H groups in total. The standard InChI is InChI=1S/C16H26N2O3/c1-6-21-12(2)16(19)17-11-15(18(3)4)13-8-7-9-14(10-13)20-5/h7-10,12,15H,6,11H2,1-5H3,(H,17,19)/t12-,15+/m1/s1. The molecular formula is C16H26N2O3. The molecule has 0 radical (unpaired) electrons. The topological polar surface area (TPSA) is 50.8 Å². The van der Waals surface area contributed by atoms with E-state index in [-0.39, 0.29) is 11.9 Å². The van der Waals surface area contributed by atoms with E-state index in [4.69, 9.17) is 9.47 Å². The van der Waals surface area contributed by atoms with Gasteiger partial charge in [0.2, 0.25) is 5.91 Å². The summed E-state index contributed by atoms with van der Waals surface area (Å²) in [4.78, 5) is 14.0. The third kappa shape index (κ3) is 5.36. The van der Waals surface area contributed by atoms with Crippen molar-refractivity contribution in [2.45, 2.75) is 26.0 Å². The summed E-state index contributed by atoms with van der Waals surface area (Å²) in [6, 6.07) is 7.97. The Morgan fingerprint density at radius 3 is 2.67 bits per heavy atom. The van der Waals surface area contributed by atoms with E-state index >= 15 is 0 Å². The normalized spacial score (nSPS) is 13.8. The zero-order valence-electron chi connectivity index (χ0n) is 13.6. The number of nitrogens with one attached hydrogen (secondary N) is 1. The van der Waals surface area contributed by atoms with E-state index in [1.54, 1.807) is 14.0 Å². The van der Waals surface area contributed by atoms with Crippen molar-refractivity contribution in [1.29, 1.82) is 0 Å². The zero-order valence-corrected chi connectivity index (χ0v) is 13.6. The number of methoxy groups -OCH3 is 1. The first kappa shape index (κ1) is 17.5. The third-order valence-electron chi connectivity index (χ3n) is 3.36. The van der Waals surface area contributed by atoms with E-state index in [0.29, 0.717) is 13.2 Å². The van der Waals surface area contributed by atoms with Crippen LogP contribution in [0.2, 0.25) is 0 Å². The monoisotopic (exact) mass is 294 g/mol. The smallest absolute Gasteiger partial charge is 0.248 e. The molecule has 0 saturated heterocycles. The minimum absolute atomic E-state index is 0.0814. The molecule has 0 aromatic heterocycles. The molecule has 0 aliphatic heterocycles.